The molecule has 0 aliphatic carbocycles. The van der Waals surface area contributed by atoms with Crippen molar-refractivity contribution in [3.8, 4) is 5.75 Å². The summed E-state index contributed by atoms with van der Waals surface area (Å²) in [5.41, 5.74) is 1.16. The van der Waals surface area contributed by atoms with Crippen molar-refractivity contribution in [2.75, 3.05) is 26.5 Å². The molecule has 0 bridgehead atoms. The predicted octanol–water partition coefficient (Wildman–Crippen LogP) is 2.64. The molecule has 6 nitrogen and oxygen atoms in total. The monoisotopic (exact) mass is 389 g/mol. The summed E-state index contributed by atoms with van der Waals surface area (Å²) in [6, 6.07) is 13.9. The first-order valence-electron chi connectivity index (χ1n) is 8.47. The highest BCUT2D eigenvalue weighted by atomic mass is 32.2. The number of amides is 1. The van der Waals surface area contributed by atoms with Crippen LogP contribution in [0, 0.1) is 0 Å². The number of rotatable bonds is 8. The zero-order chi connectivity index (χ0) is 19.8. The molecule has 1 unspecified atom stereocenters. The van der Waals surface area contributed by atoms with E-state index in [0.29, 0.717) is 17.2 Å². The summed E-state index contributed by atoms with van der Waals surface area (Å²) < 4.78 is 22.3. The summed E-state index contributed by atoms with van der Waals surface area (Å²) in [4.78, 5) is 26.4. The van der Waals surface area contributed by atoms with Crippen LogP contribution in [0.15, 0.2) is 53.4 Å². The van der Waals surface area contributed by atoms with Gasteiger partial charge in [0, 0.05) is 19.3 Å². The molecule has 0 saturated carbocycles. The van der Waals surface area contributed by atoms with Gasteiger partial charge in [0.25, 0.3) is 5.91 Å². The van der Waals surface area contributed by atoms with Crippen LogP contribution in [-0.2, 0) is 26.9 Å². The van der Waals surface area contributed by atoms with Crippen LogP contribution in [0.25, 0.3) is 0 Å². The van der Waals surface area contributed by atoms with E-state index in [1.807, 2.05) is 24.3 Å². The number of nitrogens with zero attached hydrogens (tertiary/aromatic N) is 1. The van der Waals surface area contributed by atoms with Gasteiger partial charge in [0.2, 0.25) is 0 Å². The van der Waals surface area contributed by atoms with Gasteiger partial charge in [0.1, 0.15) is 5.75 Å². The van der Waals surface area contributed by atoms with Crippen LogP contribution >= 0.6 is 0 Å². The topological polar surface area (TPSA) is 72.9 Å². The number of benzene rings is 2. The summed E-state index contributed by atoms with van der Waals surface area (Å²) in [6.45, 7) is 1.78. The molecule has 1 amide bonds. The Balaban J connectivity index is 1.94. The molecule has 2 aromatic carbocycles. The molecule has 0 radical (unpaired) electrons. The zero-order valence-corrected chi connectivity index (χ0v) is 16.5. The quantitative estimate of drug-likeness (QED) is 0.649. The van der Waals surface area contributed by atoms with E-state index < -0.39 is 16.8 Å². The largest absolute Gasteiger partial charge is 0.497 e. The number of methoxy groups -OCH3 is 1. The van der Waals surface area contributed by atoms with Gasteiger partial charge in [0.15, 0.2) is 6.61 Å². The van der Waals surface area contributed by atoms with E-state index in [4.69, 9.17) is 9.47 Å². The van der Waals surface area contributed by atoms with E-state index in [-0.39, 0.29) is 18.1 Å². The molecular formula is C20H23NO5S. The Kier molecular flexibility index (Phi) is 7.55. The molecular weight excluding hydrogens is 366 g/mol. The van der Waals surface area contributed by atoms with E-state index in [0.717, 1.165) is 11.3 Å². The molecule has 0 aromatic heterocycles. The van der Waals surface area contributed by atoms with Crippen LogP contribution in [0.1, 0.15) is 22.8 Å². The maximum atomic E-state index is 12.3. The number of ether oxygens (including phenoxy) is 2. The zero-order valence-electron chi connectivity index (χ0n) is 15.6. The third-order valence-electron chi connectivity index (χ3n) is 3.95. The molecule has 0 heterocycles. The standard InChI is InChI=1S/C20H23NO5S/c1-4-27(24)18-8-6-5-7-17(18)20(23)26-14-19(22)21(2)13-15-9-11-16(25-3)12-10-15/h5-12H,4,13-14H2,1-3H3. The van der Waals surface area contributed by atoms with Crippen LogP contribution in [0.2, 0.25) is 0 Å². The smallest absolute Gasteiger partial charge is 0.339 e. The number of esters is 1. The summed E-state index contributed by atoms with van der Waals surface area (Å²) in [6.07, 6.45) is 0. The van der Waals surface area contributed by atoms with E-state index in [9.17, 15) is 13.8 Å². The predicted molar refractivity (Wildman–Crippen MR) is 103 cm³/mol. The minimum atomic E-state index is -1.28. The minimum Gasteiger partial charge on any atom is -0.497 e. The second kappa shape index (κ2) is 9.87. The van der Waals surface area contributed by atoms with Crippen molar-refractivity contribution in [2.45, 2.75) is 18.4 Å². The Morgan fingerprint density at radius 2 is 1.74 bits per heavy atom. The Morgan fingerprint density at radius 1 is 1.07 bits per heavy atom. The van der Waals surface area contributed by atoms with E-state index in [2.05, 4.69) is 0 Å². The van der Waals surface area contributed by atoms with Crippen molar-refractivity contribution >= 4 is 22.7 Å². The van der Waals surface area contributed by atoms with Crippen molar-refractivity contribution in [2.24, 2.45) is 0 Å². The van der Waals surface area contributed by atoms with Crippen LogP contribution in [0.3, 0.4) is 0 Å². The highest BCUT2D eigenvalue weighted by molar-refractivity contribution is 7.85. The van der Waals surface area contributed by atoms with Gasteiger partial charge in [-0.2, -0.15) is 0 Å². The van der Waals surface area contributed by atoms with Gasteiger partial charge in [-0.15, -0.1) is 0 Å². The van der Waals surface area contributed by atoms with Gasteiger partial charge in [-0.05, 0) is 29.8 Å². The molecule has 7 heteroatoms. The van der Waals surface area contributed by atoms with Crippen molar-refractivity contribution < 1.29 is 23.3 Å². The van der Waals surface area contributed by atoms with Gasteiger partial charge in [-0.3, -0.25) is 9.00 Å². The molecule has 27 heavy (non-hydrogen) atoms. The number of carbonyl (C=O) groups is 2. The molecule has 0 spiro atoms. The molecule has 0 aliphatic heterocycles. The van der Waals surface area contributed by atoms with Gasteiger partial charge in [-0.25, -0.2) is 4.79 Å². The second-order valence-corrected chi connectivity index (χ2v) is 7.51. The van der Waals surface area contributed by atoms with Gasteiger partial charge < -0.3 is 14.4 Å². The highest BCUT2D eigenvalue weighted by Crippen LogP contribution is 2.16. The molecule has 0 saturated heterocycles. The van der Waals surface area contributed by atoms with Crippen molar-refractivity contribution in [3.63, 3.8) is 0 Å². The van der Waals surface area contributed by atoms with Crippen LogP contribution < -0.4 is 4.74 Å². The lowest BCUT2D eigenvalue weighted by Gasteiger charge is -2.17. The third-order valence-corrected chi connectivity index (χ3v) is 5.32. The fourth-order valence-electron chi connectivity index (χ4n) is 2.40. The van der Waals surface area contributed by atoms with Gasteiger partial charge in [0.05, 0.1) is 28.4 Å². The average Bonchev–Trinajstić information content (AvgIpc) is 2.71. The molecule has 0 N–H and O–H groups in total. The summed E-state index contributed by atoms with van der Waals surface area (Å²) in [7, 11) is 1.95. The first-order chi connectivity index (χ1) is 13.0. The summed E-state index contributed by atoms with van der Waals surface area (Å²) >= 11 is 0. The third kappa shape index (κ3) is 5.65. The van der Waals surface area contributed by atoms with E-state index in [1.165, 1.54) is 4.90 Å². The number of likely N-dealkylation sites (N-methyl/N-ethyl adjacent to an activating group) is 1. The number of hydrogen-bond acceptors (Lipinski definition) is 5. The summed E-state index contributed by atoms with van der Waals surface area (Å²) in [5.74, 6) is 0.157. The van der Waals surface area contributed by atoms with Crippen molar-refractivity contribution in [1.29, 1.82) is 0 Å². The average molecular weight is 389 g/mol. The van der Waals surface area contributed by atoms with Crippen molar-refractivity contribution in [3.05, 3.63) is 59.7 Å². The first kappa shape index (κ1) is 20.6. The molecule has 1 atom stereocenters. The maximum absolute atomic E-state index is 12.3. The molecule has 144 valence electrons. The number of carbonyl (C=O) groups excluding carboxylic acids is 2. The van der Waals surface area contributed by atoms with Crippen LogP contribution in [0.5, 0.6) is 5.75 Å². The van der Waals surface area contributed by atoms with E-state index in [1.54, 1.807) is 45.3 Å². The normalized spacial score (nSPS) is 11.5. The Morgan fingerprint density at radius 3 is 2.37 bits per heavy atom. The fourth-order valence-corrected chi connectivity index (χ4v) is 3.34. The van der Waals surface area contributed by atoms with Crippen molar-refractivity contribution in [1.82, 2.24) is 4.90 Å². The summed E-state index contributed by atoms with van der Waals surface area (Å²) in [5, 5.41) is 0. The Bertz CT molecular complexity index is 819. The Labute approximate surface area is 161 Å². The molecule has 0 aliphatic rings. The highest BCUT2D eigenvalue weighted by Gasteiger charge is 2.18. The van der Waals surface area contributed by atoms with Gasteiger partial charge in [-0.1, -0.05) is 31.2 Å². The van der Waals surface area contributed by atoms with Crippen LogP contribution in [0.4, 0.5) is 0 Å². The minimum absolute atomic E-state index is 0.225. The van der Waals surface area contributed by atoms with Gasteiger partial charge >= 0.3 is 5.97 Å². The first-order valence-corrected chi connectivity index (χ1v) is 9.79. The SMILES string of the molecule is CCS(=O)c1ccccc1C(=O)OCC(=O)N(C)Cc1ccc(OC)cc1. The van der Waals surface area contributed by atoms with E-state index >= 15 is 0 Å². The maximum Gasteiger partial charge on any atom is 0.339 e. The molecule has 2 rings (SSSR count). The fraction of sp³-hybridized carbons (Fsp3) is 0.300. The van der Waals surface area contributed by atoms with Crippen LogP contribution in [-0.4, -0.2) is 47.5 Å². The lowest BCUT2D eigenvalue weighted by Crippen LogP contribution is -2.31. The molecule has 2 aromatic rings. The lowest BCUT2D eigenvalue weighted by atomic mass is 10.2. The number of hydrogen-bond donors (Lipinski definition) is 0. The second-order valence-electron chi connectivity index (χ2n) is 5.80. The Hall–Kier alpha value is -2.67. The molecule has 0 fully saturated rings. The lowest BCUT2D eigenvalue weighted by molar-refractivity contribution is -0.133.